The second-order valence-electron chi connectivity index (χ2n) is 4.89. The lowest BCUT2D eigenvalue weighted by Gasteiger charge is -2.17. The van der Waals surface area contributed by atoms with E-state index in [0.717, 1.165) is 16.7 Å². The summed E-state index contributed by atoms with van der Waals surface area (Å²) in [6.45, 7) is 2.67. The lowest BCUT2D eigenvalue weighted by Crippen LogP contribution is -2.16. The van der Waals surface area contributed by atoms with Gasteiger partial charge in [-0.25, -0.2) is 0 Å². The van der Waals surface area contributed by atoms with Crippen molar-refractivity contribution in [3.63, 3.8) is 0 Å². The molecule has 22 heavy (non-hydrogen) atoms. The molecule has 4 heteroatoms. The van der Waals surface area contributed by atoms with E-state index < -0.39 is 18.0 Å². The molecular weight excluding hydrogens is 280 g/mol. The maximum atomic E-state index is 11.2. The molecule has 0 radical (unpaired) electrons. The van der Waals surface area contributed by atoms with Gasteiger partial charge in [0.15, 0.2) is 6.10 Å². The molecule has 0 fully saturated rings. The molecule has 0 spiro atoms. The molecule has 0 aliphatic carbocycles. The molecule has 0 saturated carbocycles. The van der Waals surface area contributed by atoms with Crippen LogP contribution in [0.1, 0.15) is 25.5 Å². The second-order valence-corrected chi connectivity index (χ2v) is 4.89. The summed E-state index contributed by atoms with van der Waals surface area (Å²) in [6, 6.07) is 17.6. The highest BCUT2D eigenvalue weighted by molar-refractivity contribution is 5.67. The molecule has 2 aromatic rings. The van der Waals surface area contributed by atoms with Crippen molar-refractivity contribution in [1.29, 1.82) is 0 Å². The Morgan fingerprint density at radius 1 is 0.864 bits per heavy atom. The Morgan fingerprint density at radius 2 is 1.45 bits per heavy atom. The molecule has 0 N–H and O–H groups in total. The molecular formula is C18H18O4. The van der Waals surface area contributed by atoms with Crippen molar-refractivity contribution in [2.45, 2.75) is 20.0 Å². The quantitative estimate of drug-likeness (QED) is 0.792. The van der Waals surface area contributed by atoms with Crippen LogP contribution in [-0.2, 0) is 19.1 Å². The smallest absolute Gasteiger partial charge is 0.303 e. The minimum atomic E-state index is -0.591. The van der Waals surface area contributed by atoms with E-state index in [1.807, 2.05) is 54.6 Å². The zero-order valence-electron chi connectivity index (χ0n) is 12.6. The number of hydrogen-bond acceptors (Lipinski definition) is 4. The summed E-state index contributed by atoms with van der Waals surface area (Å²) >= 11 is 0. The average Bonchev–Trinajstić information content (AvgIpc) is 2.52. The molecule has 0 bridgehead atoms. The van der Waals surface area contributed by atoms with E-state index in [4.69, 9.17) is 9.47 Å². The SMILES string of the molecule is CC(=O)OCC(OC(C)=O)c1ccc(-c2ccccc2)cc1. The van der Waals surface area contributed by atoms with Crippen molar-refractivity contribution >= 4 is 11.9 Å². The van der Waals surface area contributed by atoms with Gasteiger partial charge in [-0.05, 0) is 16.7 Å². The number of hydrogen-bond donors (Lipinski definition) is 0. The van der Waals surface area contributed by atoms with Gasteiger partial charge in [0, 0.05) is 13.8 Å². The van der Waals surface area contributed by atoms with E-state index in [1.54, 1.807) is 0 Å². The summed E-state index contributed by atoms with van der Waals surface area (Å²) < 4.78 is 10.2. The summed E-state index contributed by atoms with van der Waals surface area (Å²) in [6.07, 6.45) is -0.591. The van der Waals surface area contributed by atoms with E-state index in [0.29, 0.717) is 0 Å². The third-order valence-electron chi connectivity index (χ3n) is 3.14. The summed E-state index contributed by atoms with van der Waals surface area (Å²) in [5.74, 6) is -0.817. The summed E-state index contributed by atoms with van der Waals surface area (Å²) in [5, 5.41) is 0. The molecule has 114 valence electrons. The van der Waals surface area contributed by atoms with Gasteiger partial charge in [0.05, 0.1) is 0 Å². The van der Waals surface area contributed by atoms with E-state index >= 15 is 0 Å². The van der Waals surface area contributed by atoms with Crippen LogP contribution in [-0.4, -0.2) is 18.5 Å². The van der Waals surface area contributed by atoms with Crippen LogP contribution in [0.25, 0.3) is 11.1 Å². The Bertz CT molecular complexity index is 632. The Labute approximate surface area is 129 Å². The first kappa shape index (κ1) is 15.8. The van der Waals surface area contributed by atoms with Gasteiger partial charge in [0.2, 0.25) is 0 Å². The van der Waals surface area contributed by atoms with Gasteiger partial charge in [0.25, 0.3) is 0 Å². The highest BCUT2D eigenvalue weighted by atomic mass is 16.6. The van der Waals surface area contributed by atoms with E-state index in [2.05, 4.69) is 0 Å². The van der Waals surface area contributed by atoms with Crippen LogP contribution in [0.3, 0.4) is 0 Å². The minimum Gasteiger partial charge on any atom is -0.462 e. The Kier molecular flexibility index (Phi) is 5.31. The van der Waals surface area contributed by atoms with Crippen LogP contribution in [0.15, 0.2) is 54.6 Å². The third kappa shape index (κ3) is 4.45. The fourth-order valence-corrected chi connectivity index (χ4v) is 2.11. The van der Waals surface area contributed by atoms with E-state index in [-0.39, 0.29) is 6.61 Å². The molecule has 0 aliphatic heterocycles. The Hall–Kier alpha value is -2.62. The molecule has 2 rings (SSSR count). The average molecular weight is 298 g/mol. The van der Waals surface area contributed by atoms with Crippen molar-refractivity contribution in [3.8, 4) is 11.1 Å². The molecule has 0 aliphatic rings. The molecule has 1 unspecified atom stereocenters. The normalized spacial score (nSPS) is 11.5. The standard InChI is InChI=1S/C18H18O4/c1-13(19)21-12-18(22-14(2)20)17-10-8-16(9-11-17)15-6-4-3-5-7-15/h3-11,18H,12H2,1-2H3. The molecule has 2 aromatic carbocycles. The van der Waals surface area contributed by atoms with Gasteiger partial charge in [-0.15, -0.1) is 0 Å². The largest absolute Gasteiger partial charge is 0.462 e. The summed E-state index contributed by atoms with van der Waals surface area (Å²) in [5.41, 5.74) is 2.97. The number of esters is 2. The van der Waals surface area contributed by atoms with Gasteiger partial charge < -0.3 is 9.47 Å². The predicted molar refractivity (Wildman–Crippen MR) is 83.0 cm³/mol. The fourth-order valence-electron chi connectivity index (χ4n) is 2.11. The van der Waals surface area contributed by atoms with Crippen molar-refractivity contribution in [3.05, 3.63) is 60.2 Å². The van der Waals surface area contributed by atoms with Crippen LogP contribution in [0.4, 0.5) is 0 Å². The maximum Gasteiger partial charge on any atom is 0.303 e. The zero-order chi connectivity index (χ0) is 15.9. The van der Waals surface area contributed by atoms with Crippen molar-refractivity contribution in [1.82, 2.24) is 0 Å². The van der Waals surface area contributed by atoms with Gasteiger partial charge in [-0.2, -0.15) is 0 Å². The number of rotatable bonds is 5. The number of carbonyl (C=O) groups is 2. The number of carbonyl (C=O) groups excluding carboxylic acids is 2. The molecule has 1 atom stereocenters. The minimum absolute atomic E-state index is 0.0135. The molecule has 0 saturated heterocycles. The van der Waals surface area contributed by atoms with Crippen molar-refractivity contribution in [2.75, 3.05) is 6.61 Å². The Morgan fingerprint density at radius 3 is 2.00 bits per heavy atom. The monoisotopic (exact) mass is 298 g/mol. The van der Waals surface area contributed by atoms with Crippen LogP contribution >= 0.6 is 0 Å². The van der Waals surface area contributed by atoms with Crippen LogP contribution < -0.4 is 0 Å². The maximum absolute atomic E-state index is 11.2. The first-order chi connectivity index (χ1) is 10.6. The highest BCUT2D eigenvalue weighted by Gasteiger charge is 2.16. The third-order valence-corrected chi connectivity index (χ3v) is 3.14. The summed E-state index contributed by atoms with van der Waals surface area (Å²) in [4.78, 5) is 22.1. The predicted octanol–water partition coefficient (Wildman–Crippen LogP) is 3.52. The number of benzene rings is 2. The van der Waals surface area contributed by atoms with E-state index in [9.17, 15) is 9.59 Å². The van der Waals surface area contributed by atoms with Crippen molar-refractivity contribution in [2.24, 2.45) is 0 Å². The van der Waals surface area contributed by atoms with Gasteiger partial charge in [-0.1, -0.05) is 54.6 Å². The highest BCUT2D eigenvalue weighted by Crippen LogP contribution is 2.24. The van der Waals surface area contributed by atoms with Gasteiger partial charge in [0.1, 0.15) is 6.61 Å². The van der Waals surface area contributed by atoms with Crippen LogP contribution in [0.5, 0.6) is 0 Å². The van der Waals surface area contributed by atoms with Crippen LogP contribution in [0.2, 0.25) is 0 Å². The molecule has 4 nitrogen and oxygen atoms in total. The molecule has 0 amide bonds. The lowest BCUT2D eigenvalue weighted by atomic mass is 10.0. The zero-order valence-corrected chi connectivity index (χ0v) is 12.6. The van der Waals surface area contributed by atoms with Gasteiger partial charge >= 0.3 is 11.9 Å². The topological polar surface area (TPSA) is 52.6 Å². The van der Waals surface area contributed by atoms with E-state index in [1.165, 1.54) is 13.8 Å². The molecule has 0 aromatic heterocycles. The summed E-state index contributed by atoms with van der Waals surface area (Å²) in [7, 11) is 0. The second kappa shape index (κ2) is 7.41. The fraction of sp³-hybridized carbons (Fsp3) is 0.222. The Balaban J connectivity index is 2.17. The lowest BCUT2D eigenvalue weighted by molar-refractivity contribution is -0.156. The number of ether oxygens (including phenoxy) is 2. The molecule has 0 heterocycles. The first-order valence-electron chi connectivity index (χ1n) is 7.02. The van der Waals surface area contributed by atoms with Gasteiger partial charge in [-0.3, -0.25) is 9.59 Å². The first-order valence-corrected chi connectivity index (χ1v) is 7.02. The van der Waals surface area contributed by atoms with Crippen LogP contribution in [0, 0.1) is 0 Å². The van der Waals surface area contributed by atoms with Crippen molar-refractivity contribution < 1.29 is 19.1 Å².